The molecule has 3 aliphatic rings. The molecule has 2 atom stereocenters. The average molecular weight is 545 g/mol. The van der Waals surface area contributed by atoms with Crippen LogP contribution in [0.25, 0.3) is 0 Å². The number of nitrogens with zero attached hydrogens (tertiary/aromatic N) is 3. The SMILES string of the molecule is COc1ccc2c(c1)C(=O)N(C)C2C(CCN1CCC(N2CCCCC2=O)CC1)c1ccc(Cl)c(Cl)c1. The Labute approximate surface area is 229 Å². The zero-order valence-corrected chi connectivity index (χ0v) is 23.1. The number of likely N-dealkylation sites (N-methyl/N-ethyl adjacent to an activating group) is 1. The number of rotatable bonds is 7. The van der Waals surface area contributed by atoms with E-state index in [1.807, 2.05) is 48.3 Å². The molecule has 8 heteroatoms. The van der Waals surface area contributed by atoms with Gasteiger partial charge in [-0.25, -0.2) is 0 Å². The minimum Gasteiger partial charge on any atom is -0.497 e. The third-order valence-corrected chi connectivity index (χ3v) is 9.15. The topological polar surface area (TPSA) is 53.1 Å². The van der Waals surface area contributed by atoms with Gasteiger partial charge in [0.15, 0.2) is 0 Å². The summed E-state index contributed by atoms with van der Waals surface area (Å²) in [5.41, 5.74) is 2.80. The monoisotopic (exact) mass is 543 g/mol. The van der Waals surface area contributed by atoms with Gasteiger partial charge in [0.05, 0.1) is 23.2 Å². The lowest BCUT2D eigenvalue weighted by molar-refractivity contribution is -0.136. The second-order valence-corrected chi connectivity index (χ2v) is 11.3. The number of carbonyl (C=O) groups is 2. The largest absolute Gasteiger partial charge is 0.497 e. The normalized spacial score (nSPS) is 21.9. The van der Waals surface area contributed by atoms with Gasteiger partial charge in [-0.05, 0) is 74.0 Å². The van der Waals surface area contributed by atoms with E-state index in [0.717, 1.165) is 69.4 Å². The summed E-state index contributed by atoms with van der Waals surface area (Å²) in [5.74, 6) is 1.08. The maximum absolute atomic E-state index is 13.2. The highest BCUT2D eigenvalue weighted by atomic mass is 35.5. The van der Waals surface area contributed by atoms with Gasteiger partial charge >= 0.3 is 0 Å². The molecule has 0 aliphatic carbocycles. The van der Waals surface area contributed by atoms with Crippen molar-refractivity contribution < 1.29 is 14.3 Å². The first kappa shape index (κ1) is 26.3. The minimum atomic E-state index is -0.103. The van der Waals surface area contributed by atoms with Crippen molar-refractivity contribution in [1.82, 2.24) is 14.7 Å². The molecule has 2 saturated heterocycles. The van der Waals surface area contributed by atoms with Gasteiger partial charge in [-0.2, -0.15) is 0 Å². The van der Waals surface area contributed by atoms with E-state index in [2.05, 4.69) is 9.80 Å². The molecule has 3 aliphatic heterocycles. The standard InChI is InChI=1S/C29H35Cl2N3O3/c1-32-28(23-8-7-21(37-2)18-24(23)29(32)36)22(19-6-9-25(30)26(31)17-19)12-16-33-14-10-20(11-15-33)34-13-4-3-5-27(34)35/h6-9,17-18,20,22,28H,3-5,10-16H2,1-2H3. The molecule has 2 aromatic rings. The first-order valence-electron chi connectivity index (χ1n) is 13.3. The van der Waals surface area contributed by atoms with Crippen LogP contribution in [0.5, 0.6) is 5.75 Å². The van der Waals surface area contributed by atoms with Crippen LogP contribution in [0.3, 0.4) is 0 Å². The summed E-state index contributed by atoms with van der Waals surface area (Å²) in [6.07, 6.45) is 5.77. The smallest absolute Gasteiger partial charge is 0.254 e. The molecule has 3 heterocycles. The van der Waals surface area contributed by atoms with Crippen LogP contribution in [0.15, 0.2) is 36.4 Å². The van der Waals surface area contributed by atoms with Crippen molar-refractivity contribution in [2.24, 2.45) is 0 Å². The van der Waals surface area contributed by atoms with Crippen LogP contribution in [0.1, 0.15) is 72.0 Å². The van der Waals surface area contributed by atoms with Gasteiger partial charge in [-0.15, -0.1) is 0 Å². The molecule has 2 amide bonds. The van der Waals surface area contributed by atoms with Crippen molar-refractivity contribution in [3.05, 3.63) is 63.1 Å². The van der Waals surface area contributed by atoms with Crippen LogP contribution < -0.4 is 4.74 Å². The van der Waals surface area contributed by atoms with E-state index in [4.69, 9.17) is 27.9 Å². The fourth-order valence-electron chi connectivity index (χ4n) is 6.36. The first-order valence-corrected chi connectivity index (χ1v) is 14.0. The highest BCUT2D eigenvalue weighted by molar-refractivity contribution is 6.42. The number of hydrogen-bond acceptors (Lipinski definition) is 4. The third-order valence-electron chi connectivity index (χ3n) is 8.41. The second kappa shape index (κ2) is 11.2. The number of carbonyl (C=O) groups excluding carboxylic acids is 2. The Morgan fingerprint density at radius 2 is 1.78 bits per heavy atom. The Morgan fingerprint density at radius 3 is 2.49 bits per heavy atom. The number of fused-ring (bicyclic) bond motifs is 1. The lowest BCUT2D eigenvalue weighted by atomic mass is 9.84. The summed E-state index contributed by atoms with van der Waals surface area (Å²) < 4.78 is 5.38. The summed E-state index contributed by atoms with van der Waals surface area (Å²) in [5, 5.41) is 1.05. The van der Waals surface area contributed by atoms with Crippen LogP contribution in [-0.2, 0) is 4.79 Å². The number of piperidine rings is 2. The fourth-order valence-corrected chi connectivity index (χ4v) is 6.66. The molecule has 2 aromatic carbocycles. The molecule has 5 rings (SSSR count). The molecule has 0 aromatic heterocycles. The zero-order valence-electron chi connectivity index (χ0n) is 21.6. The van der Waals surface area contributed by atoms with Gasteiger partial charge in [0.1, 0.15) is 5.75 Å². The summed E-state index contributed by atoms with van der Waals surface area (Å²) in [6.45, 7) is 3.79. The van der Waals surface area contributed by atoms with Crippen molar-refractivity contribution in [3.63, 3.8) is 0 Å². The predicted octanol–water partition coefficient (Wildman–Crippen LogP) is 5.78. The van der Waals surface area contributed by atoms with Crippen molar-refractivity contribution in [2.75, 3.05) is 40.3 Å². The summed E-state index contributed by atoms with van der Waals surface area (Å²) in [6, 6.07) is 11.9. The van der Waals surface area contributed by atoms with E-state index >= 15 is 0 Å². The van der Waals surface area contributed by atoms with Crippen molar-refractivity contribution in [2.45, 2.75) is 56.5 Å². The first-order chi connectivity index (χ1) is 17.9. The van der Waals surface area contributed by atoms with E-state index in [9.17, 15) is 9.59 Å². The molecule has 0 N–H and O–H groups in total. The number of halogens is 2. The minimum absolute atomic E-state index is 0.0102. The van der Waals surface area contributed by atoms with Crippen LogP contribution in [0.4, 0.5) is 0 Å². The molecular formula is C29H35Cl2N3O3. The summed E-state index contributed by atoms with van der Waals surface area (Å²) in [4.78, 5) is 32.1. The average Bonchev–Trinajstić information content (AvgIpc) is 3.16. The Morgan fingerprint density at radius 1 is 1.00 bits per heavy atom. The van der Waals surface area contributed by atoms with Gasteiger partial charge < -0.3 is 19.4 Å². The predicted molar refractivity (Wildman–Crippen MR) is 147 cm³/mol. The summed E-state index contributed by atoms with van der Waals surface area (Å²) >= 11 is 12.7. The van der Waals surface area contributed by atoms with E-state index in [1.54, 1.807) is 7.11 Å². The Balaban J connectivity index is 1.34. The van der Waals surface area contributed by atoms with E-state index in [0.29, 0.717) is 39.7 Å². The molecule has 2 unspecified atom stereocenters. The maximum atomic E-state index is 13.2. The number of methoxy groups -OCH3 is 1. The van der Waals surface area contributed by atoms with Crippen LogP contribution in [0.2, 0.25) is 10.0 Å². The molecule has 6 nitrogen and oxygen atoms in total. The highest BCUT2D eigenvalue weighted by Crippen LogP contribution is 2.45. The molecule has 0 saturated carbocycles. The van der Waals surface area contributed by atoms with Gasteiger partial charge in [0.2, 0.25) is 5.91 Å². The number of hydrogen-bond donors (Lipinski definition) is 0. The molecular weight excluding hydrogens is 509 g/mol. The Bertz CT molecular complexity index is 1170. The molecule has 0 radical (unpaired) electrons. The highest BCUT2D eigenvalue weighted by Gasteiger charge is 2.40. The van der Waals surface area contributed by atoms with Crippen LogP contribution in [0, 0.1) is 0 Å². The Hall–Kier alpha value is -2.28. The number of benzene rings is 2. The van der Waals surface area contributed by atoms with Gasteiger partial charge in [0.25, 0.3) is 5.91 Å². The van der Waals surface area contributed by atoms with Crippen molar-refractivity contribution in [3.8, 4) is 5.75 Å². The van der Waals surface area contributed by atoms with E-state index < -0.39 is 0 Å². The lowest BCUT2D eigenvalue weighted by Gasteiger charge is -2.41. The molecule has 37 heavy (non-hydrogen) atoms. The van der Waals surface area contributed by atoms with E-state index in [1.165, 1.54) is 0 Å². The lowest BCUT2D eigenvalue weighted by Crippen LogP contribution is -2.49. The maximum Gasteiger partial charge on any atom is 0.254 e. The quantitative estimate of drug-likeness (QED) is 0.444. The second-order valence-electron chi connectivity index (χ2n) is 10.5. The molecule has 0 bridgehead atoms. The number of ether oxygens (including phenoxy) is 1. The van der Waals surface area contributed by atoms with Gasteiger partial charge in [-0.3, -0.25) is 9.59 Å². The van der Waals surface area contributed by atoms with Crippen LogP contribution >= 0.6 is 23.2 Å². The number of likely N-dealkylation sites (tertiary alicyclic amines) is 2. The Kier molecular flexibility index (Phi) is 7.99. The van der Waals surface area contributed by atoms with Crippen molar-refractivity contribution >= 4 is 35.0 Å². The van der Waals surface area contributed by atoms with Gasteiger partial charge in [-0.1, -0.05) is 35.3 Å². The summed E-state index contributed by atoms with van der Waals surface area (Å²) in [7, 11) is 3.50. The molecule has 2 fully saturated rings. The number of amides is 2. The third kappa shape index (κ3) is 5.34. The van der Waals surface area contributed by atoms with Crippen LogP contribution in [-0.4, -0.2) is 72.9 Å². The van der Waals surface area contributed by atoms with E-state index in [-0.39, 0.29) is 17.9 Å². The zero-order chi connectivity index (χ0) is 26.1. The van der Waals surface area contributed by atoms with Gasteiger partial charge in [0, 0.05) is 50.6 Å². The molecule has 0 spiro atoms. The van der Waals surface area contributed by atoms with Crippen molar-refractivity contribution in [1.29, 1.82) is 0 Å². The fraction of sp³-hybridized carbons (Fsp3) is 0.517. The molecule has 198 valence electrons.